The molecule has 2 aromatic carbocycles. The van der Waals surface area contributed by atoms with Crippen LogP contribution in [0.15, 0.2) is 85.1 Å². The molecule has 0 fully saturated rings. The van der Waals surface area contributed by atoms with E-state index < -0.39 is 0 Å². The van der Waals surface area contributed by atoms with E-state index in [1.807, 2.05) is 72.9 Å². The van der Waals surface area contributed by atoms with Crippen molar-refractivity contribution in [1.29, 1.82) is 0 Å². The van der Waals surface area contributed by atoms with Gasteiger partial charge in [0.2, 0.25) is 0 Å². The quantitative estimate of drug-likeness (QED) is 0.674. The van der Waals surface area contributed by atoms with Crippen molar-refractivity contribution < 1.29 is 14.3 Å². The lowest BCUT2D eigenvalue weighted by atomic mass is 10.1. The van der Waals surface area contributed by atoms with Crippen LogP contribution in [0.3, 0.4) is 0 Å². The van der Waals surface area contributed by atoms with Crippen LogP contribution in [0.4, 0.5) is 0 Å². The minimum atomic E-state index is 0.0517. The molecule has 0 bridgehead atoms. The van der Waals surface area contributed by atoms with E-state index >= 15 is 0 Å². The number of benzene rings is 2. The lowest BCUT2D eigenvalue weighted by molar-refractivity contribution is -0.117. The Kier molecular flexibility index (Phi) is 12.7. The fourth-order valence-corrected chi connectivity index (χ4v) is 2.30. The number of hydrogen-bond donors (Lipinski definition) is 1. The number of carbonyl (C=O) groups is 2. The molecule has 0 aromatic heterocycles. The molecule has 0 saturated heterocycles. The molecule has 3 rings (SSSR count). The highest BCUT2D eigenvalue weighted by Gasteiger charge is 1.94. The molecule has 0 spiro atoms. The Morgan fingerprint density at radius 1 is 1.00 bits per heavy atom. The highest BCUT2D eigenvalue weighted by atomic mass is 16.5. The number of hydrogen-bond acceptors (Lipinski definition) is 4. The molecule has 1 N–H and O–H groups in total. The van der Waals surface area contributed by atoms with Crippen molar-refractivity contribution >= 4 is 17.6 Å². The molecule has 1 heterocycles. The average Bonchev–Trinajstić information content (AvgIpc) is 2.79. The molecule has 1 aliphatic heterocycles. The van der Waals surface area contributed by atoms with Gasteiger partial charge >= 0.3 is 0 Å². The van der Waals surface area contributed by atoms with Crippen LogP contribution in [-0.4, -0.2) is 25.2 Å². The first-order valence-electron chi connectivity index (χ1n) is 9.92. The van der Waals surface area contributed by atoms with E-state index in [0.29, 0.717) is 6.42 Å². The number of aryl methyl sites for hydroxylation is 1. The van der Waals surface area contributed by atoms with Crippen molar-refractivity contribution in [2.75, 3.05) is 13.7 Å². The molecule has 2 aromatic rings. The molecule has 4 nitrogen and oxygen atoms in total. The summed E-state index contributed by atoms with van der Waals surface area (Å²) in [5.74, 6) is 1.13. The number of ether oxygens (including phenoxy) is 1. The van der Waals surface area contributed by atoms with Crippen LogP contribution >= 0.6 is 0 Å². The number of dihydropyridines is 1. The third-order valence-electron chi connectivity index (χ3n) is 3.93. The van der Waals surface area contributed by atoms with Gasteiger partial charge in [0.25, 0.3) is 0 Å². The van der Waals surface area contributed by atoms with Crippen LogP contribution in [0.2, 0.25) is 0 Å². The summed E-state index contributed by atoms with van der Waals surface area (Å²) in [6, 6.07) is 17.6. The van der Waals surface area contributed by atoms with Crippen LogP contribution in [0.25, 0.3) is 6.08 Å². The van der Waals surface area contributed by atoms with Crippen LogP contribution in [0.5, 0.6) is 5.75 Å². The number of allylic oxidation sites excluding steroid dienone is 3. The zero-order valence-electron chi connectivity index (χ0n) is 18.0. The maximum Gasteiger partial charge on any atom is 0.152 e. The first kappa shape index (κ1) is 24.6. The predicted molar refractivity (Wildman–Crippen MR) is 124 cm³/mol. The number of nitrogens with one attached hydrogen (secondary N) is 1. The topological polar surface area (TPSA) is 55.4 Å². The Hall–Kier alpha value is -3.40. The third kappa shape index (κ3) is 12.9. The van der Waals surface area contributed by atoms with E-state index in [-0.39, 0.29) is 11.6 Å². The molecule has 0 atom stereocenters. The van der Waals surface area contributed by atoms with Crippen LogP contribution in [0.1, 0.15) is 31.4 Å². The predicted octanol–water partition coefficient (Wildman–Crippen LogP) is 5.17. The van der Waals surface area contributed by atoms with Crippen LogP contribution in [0, 0.1) is 0 Å². The Morgan fingerprint density at radius 3 is 2.13 bits per heavy atom. The number of carbonyl (C=O) groups excluding carboxylic acids is 2. The minimum Gasteiger partial charge on any atom is -0.497 e. The van der Waals surface area contributed by atoms with Gasteiger partial charge in [-0.2, -0.15) is 0 Å². The van der Waals surface area contributed by atoms with Crippen molar-refractivity contribution in [3.8, 4) is 5.75 Å². The molecule has 0 unspecified atom stereocenters. The molecule has 1 aliphatic rings. The van der Waals surface area contributed by atoms with E-state index in [4.69, 9.17) is 4.74 Å². The second-order valence-electron chi connectivity index (χ2n) is 6.60. The van der Waals surface area contributed by atoms with Crippen molar-refractivity contribution in [2.24, 2.45) is 0 Å². The van der Waals surface area contributed by atoms with E-state index in [1.165, 1.54) is 12.5 Å². The number of methoxy groups -OCH3 is 1. The van der Waals surface area contributed by atoms with Gasteiger partial charge in [-0.3, -0.25) is 4.79 Å². The molecule has 0 radical (unpaired) electrons. The molecule has 4 heteroatoms. The van der Waals surface area contributed by atoms with Crippen molar-refractivity contribution in [3.63, 3.8) is 0 Å². The Labute approximate surface area is 180 Å². The summed E-state index contributed by atoms with van der Waals surface area (Å²) in [5.41, 5.74) is 2.23. The largest absolute Gasteiger partial charge is 0.497 e. The van der Waals surface area contributed by atoms with Gasteiger partial charge in [-0.15, -0.1) is 0 Å². The summed E-state index contributed by atoms with van der Waals surface area (Å²) in [4.78, 5) is 21.2. The summed E-state index contributed by atoms with van der Waals surface area (Å²) >= 11 is 0. The lowest BCUT2D eigenvalue weighted by Gasteiger charge is -1.98. The molecule has 0 amide bonds. The summed E-state index contributed by atoms with van der Waals surface area (Å²) < 4.78 is 5.00. The highest BCUT2D eigenvalue weighted by Crippen LogP contribution is 2.12. The van der Waals surface area contributed by atoms with E-state index in [1.54, 1.807) is 26.2 Å². The van der Waals surface area contributed by atoms with Crippen molar-refractivity contribution in [2.45, 2.75) is 26.7 Å². The Bertz CT molecular complexity index is 822. The Morgan fingerprint density at radius 2 is 1.70 bits per heavy atom. The molecular weight excluding hydrogens is 374 g/mol. The molecular formula is C26H31NO3. The maximum atomic E-state index is 10.6. The zero-order chi connectivity index (χ0) is 22.0. The van der Waals surface area contributed by atoms with Gasteiger partial charge in [0.1, 0.15) is 11.5 Å². The van der Waals surface area contributed by atoms with E-state index in [0.717, 1.165) is 24.3 Å². The fraction of sp³-hybridized carbons (Fsp3) is 0.231. The average molecular weight is 406 g/mol. The summed E-state index contributed by atoms with van der Waals surface area (Å²) in [6.07, 6.45) is 12.9. The Balaban J connectivity index is 0.000000239. The van der Waals surface area contributed by atoms with Gasteiger partial charge in [-0.1, -0.05) is 60.7 Å². The minimum absolute atomic E-state index is 0.0517. The van der Waals surface area contributed by atoms with Gasteiger partial charge in [0.05, 0.1) is 7.11 Å². The standard InChI is InChI=1S/C11H12O2.C10H12O.C5H7N/c1-9(12)3-4-10-5-7-11(13-2)8-6-10;1-9(11)7-8-10-5-3-2-4-6-10;1-2-4-6-5-3-1/h3-8H,1-2H3;2-6H,7-8H2,1H3;1-4,6H,5H2. The summed E-state index contributed by atoms with van der Waals surface area (Å²) in [6.45, 7) is 4.14. The number of rotatable bonds is 6. The van der Waals surface area contributed by atoms with Crippen molar-refractivity contribution in [1.82, 2.24) is 5.32 Å². The smallest absolute Gasteiger partial charge is 0.152 e. The lowest BCUT2D eigenvalue weighted by Crippen LogP contribution is -2.05. The highest BCUT2D eigenvalue weighted by molar-refractivity contribution is 5.91. The molecule has 0 saturated carbocycles. The number of ketones is 2. The first-order valence-corrected chi connectivity index (χ1v) is 9.92. The normalized spacial score (nSPS) is 11.4. The second kappa shape index (κ2) is 15.5. The van der Waals surface area contributed by atoms with E-state index in [9.17, 15) is 9.59 Å². The monoisotopic (exact) mass is 405 g/mol. The van der Waals surface area contributed by atoms with Crippen molar-refractivity contribution in [3.05, 3.63) is 96.2 Å². The first-order chi connectivity index (χ1) is 14.5. The molecule has 30 heavy (non-hydrogen) atoms. The summed E-state index contributed by atoms with van der Waals surface area (Å²) in [7, 11) is 1.63. The number of Topliss-reactive ketones (excluding diaryl/α,β-unsaturated/α-hetero) is 1. The van der Waals surface area contributed by atoms with Gasteiger partial charge in [0.15, 0.2) is 5.78 Å². The van der Waals surface area contributed by atoms with Crippen LogP contribution in [-0.2, 0) is 16.0 Å². The van der Waals surface area contributed by atoms with Gasteiger partial charge in [-0.25, -0.2) is 0 Å². The van der Waals surface area contributed by atoms with Gasteiger partial charge < -0.3 is 14.8 Å². The molecule has 158 valence electrons. The van der Waals surface area contributed by atoms with Gasteiger partial charge in [-0.05, 0) is 61.9 Å². The zero-order valence-corrected chi connectivity index (χ0v) is 18.0. The van der Waals surface area contributed by atoms with Gasteiger partial charge in [0, 0.05) is 13.0 Å². The second-order valence-corrected chi connectivity index (χ2v) is 6.60. The van der Waals surface area contributed by atoms with E-state index in [2.05, 4.69) is 11.4 Å². The maximum absolute atomic E-state index is 10.6. The van der Waals surface area contributed by atoms with Crippen LogP contribution < -0.4 is 10.1 Å². The molecule has 0 aliphatic carbocycles. The SMILES string of the molecule is C1=CCNC=C1.CC(=O)CCc1ccccc1.COc1ccc(C=CC(C)=O)cc1. The summed E-state index contributed by atoms with van der Waals surface area (Å²) in [5, 5.41) is 3.02. The fourth-order valence-electron chi connectivity index (χ4n) is 2.30. The third-order valence-corrected chi connectivity index (χ3v) is 3.93.